The van der Waals surface area contributed by atoms with Crippen molar-refractivity contribution in [1.29, 1.82) is 0 Å². The van der Waals surface area contributed by atoms with Gasteiger partial charge in [0.25, 0.3) is 0 Å². The van der Waals surface area contributed by atoms with Crippen molar-refractivity contribution in [3.8, 4) is 0 Å². The van der Waals surface area contributed by atoms with Crippen LogP contribution >= 0.6 is 11.6 Å². The average Bonchev–Trinajstić information content (AvgIpc) is 2.76. The molecular formula is C13H22ClNO4. The first-order valence-electron chi connectivity index (χ1n) is 6.55. The number of ether oxygens (including phenoxy) is 2. The molecule has 0 aliphatic heterocycles. The number of alkyl carbamates (subject to hydrolysis) is 1. The Balaban J connectivity index is 2.63. The molecular weight excluding hydrogens is 270 g/mol. The van der Waals surface area contributed by atoms with Gasteiger partial charge in [-0.15, -0.1) is 0 Å². The molecule has 110 valence electrons. The van der Waals surface area contributed by atoms with Crippen molar-refractivity contribution >= 4 is 23.7 Å². The molecule has 19 heavy (non-hydrogen) atoms. The van der Waals surface area contributed by atoms with Crippen LogP contribution in [-0.2, 0) is 14.3 Å². The minimum absolute atomic E-state index is 0.100. The van der Waals surface area contributed by atoms with Gasteiger partial charge >= 0.3 is 12.1 Å². The second-order valence-electron chi connectivity index (χ2n) is 5.74. The van der Waals surface area contributed by atoms with Crippen molar-refractivity contribution in [3.63, 3.8) is 0 Å². The first kappa shape index (κ1) is 16.1. The molecule has 0 spiro atoms. The second kappa shape index (κ2) is 6.98. The first-order chi connectivity index (χ1) is 8.83. The standard InChI is InChI=1S/C13H22ClNO4/c1-13(2,3)19-12(17)15-10(11(16)18-8-14)9-6-4-5-7-9/h9-10H,4-8H2,1-3H3,(H,15,17)/t10-/m0/s1. The quantitative estimate of drug-likeness (QED) is 0.639. The maximum absolute atomic E-state index is 11.9. The van der Waals surface area contributed by atoms with Crippen molar-refractivity contribution < 1.29 is 19.1 Å². The van der Waals surface area contributed by atoms with Crippen LogP contribution in [-0.4, -0.2) is 29.8 Å². The largest absolute Gasteiger partial charge is 0.448 e. The van der Waals surface area contributed by atoms with E-state index in [2.05, 4.69) is 5.32 Å². The van der Waals surface area contributed by atoms with Gasteiger partial charge in [-0.25, -0.2) is 9.59 Å². The third-order valence-corrected chi connectivity index (χ3v) is 3.10. The summed E-state index contributed by atoms with van der Waals surface area (Å²) in [5, 5.41) is 2.61. The van der Waals surface area contributed by atoms with E-state index in [9.17, 15) is 9.59 Å². The summed E-state index contributed by atoms with van der Waals surface area (Å²) >= 11 is 5.40. The number of amides is 1. The zero-order valence-electron chi connectivity index (χ0n) is 11.7. The highest BCUT2D eigenvalue weighted by molar-refractivity contribution is 6.17. The van der Waals surface area contributed by atoms with E-state index in [1.165, 1.54) is 0 Å². The molecule has 5 nitrogen and oxygen atoms in total. The Hall–Kier alpha value is -0.970. The van der Waals surface area contributed by atoms with Crippen molar-refractivity contribution in [2.24, 2.45) is 5.92 Å². The highest BCUT2D eigenvalue weighted by atomic mass is 35.5. The van der Waals surface area contributed by atoms with E-state index in [4.69, 9.17) is 21.1 Å². The van der Waals surface area contributed by atoms with Crippen molar-refractivity contribution in [3.05, 3.63) is 0 Å². The number of carbonyl (C=O) groups is 2. The maximum Gasteiger partial charge on any atom is 0.408 e. The lowest BCUT2D eigenvalue weighted by molar-refractivity contribution is -0.145. The van der Waals surface area contributed by atoms with Gasteiger partial charge in [0, 0.05) is 0 Å². The SMILES string of the molecule is CC(C)(C)OC(=O)N[C@H](C(=O)OCCl)C1CCCC1. The summed E-state index contributed by atoms with van der Waals surface area (Å²) in [6.07, 6.45) is 3.32. The maximum atomic E-state index is 11.9. The van der Waals surface area contributed by atoms with E-state index in [1.54, 1.807) is 20.8 Å². The Morgan fingerprint density at radius 3 is 2.37 bits per heavy atom. The molecule has 1 amide bonds. The molecule has 0 aromatic rings. The van der Waals surface area contributed by atoms with Crippen LogP contribution in [0.5, 0.6) is 0 Å². The predicted octanol–water partition coefficient (Wildman–Crippen LogP) is 2.81. The number of nitrogens with one attached hydrogen (secondary N) is 1. The molecule has 0 radical (unpaired) electrons. The zero-order chi connectivity index (χ0) is 14.5. The molecule has 0 unspecified atom stereocenters. The van der Waals surface area contributed by atoms with Crippen molar-refractivity contribution in [2.45, 2.75) is 58.1 Å². The minimum atomic E-state index is -0.670. The predicted molar refractivity (Wildman–Crippen MR) is 71.9 cm³/mol. The number of hydrogen-bond donors (Lipinski definition) is 1. The van der Waals surface area contributed by atoms with Gasteiger partial charge in [0.1, 0.15) is 11.6 Å². The lowest BCUT2D eigenvalue weighted by Crippen LogP contribution is -2.47. The van der Waals surface area contributed by atoms with Crippen LogP contribution in [0.3, 0.4) is 0 Å². The second-order valence-corrected chi connectivity index (χ2v) is 5.96. The topological polar surface area (TPSA) is 64.6 Å². The summed E-state index contributed by atoms with van der Waals surface area (Å²) in [6, 6.07) is -0.881. The molecule has 1 aliphatic carbocycles. The van der Waals surface area contributed by atoms with Crippen LogP contribution in [0.2, 0.25) is 0 Å². The van der Waals surface area contributed by atoms with E-state index in [0.717, 1.165) is 25.7 Å². The van der Waals surface area contributed by atoms with E-state index < -0.39 is 23.7 Å². The minimum Gasteiger partial charge on any atom is -0.448 e. The van der Waals surface area contributed by atoms with Crippen molar-refractivity contribution in [2.75, 3.05) is 6.07 Å². The zero-order valence-corrected chi connectivity index (χ0v) is 12.5. The molecule has 1 aliphatic rings. The summed E-state index contributed by atoms with van der Waals surface area (Å²) in [6.45, 7) is 5.32. The van der Waals surface area contributed by atoms with E-state index in [0.29, 0.717) is 0 Å². The fraction of sp³-hybridized carbons (Fsp3) is 0.846. The van der Waals surface area contributed by atoms with Gasteiger partial charge in [-0.2, -0.15) is 0 Å². The number of halogens is 1. The monoisotopic (exact) mass is 291 g/mol. The molecule has 1 atom stereocenters. The Labute approximate surface area is 119 Å². The molecule has 1 rings (SSSR count). The van der Waals surface area contributed by atoms with Gasteiger partial charge in [0.2, 0.25) is 0 Å². The normalized spacial score (nSPS) is 17.9. The molecule has 6 heteroatoms. The molecule has 0 heterocycles. The lowest BCUT2D eigenvalue weighted by atomic mass is 9.98. The van der Waals surface area contributed by atoms with Gasteiger partial charge in [-0.3, -0.25) is 0 Å². The van der Waals surface area contributed by atoms with Gasteiger partial charge in [-0.1, -0.05) is 24.4 Å². The molecule has 1 N–H and O–H groups in total. The first-order valence-corrected chi connectivity index (χ1v) is 7.09. The van der Waals surface area contributed by atoms with E-state index in [1.807, 2.05) is 0 Å². The fourth-order valence-corrected chi connectivity index (χ4v) is 2.35. The molecule has 0 bridgehead atoms. The fourth-order valence-electron chi connectivity index (χ4n) is 2.24. The molecule has 0 aromatic carbocycles. The van der Waals surface area contributed by atoms with Crippen LogP contribution < -0.4 is 5.32 Å². The Kier molecular flexibility index (Phi) is 5.91. The highest BCUT2D eigenvalue weighted by Gasteiger charge is 2.34. The molecule has 1 fully saturated rings. The summed E-state index contributed by atoms with van der Waals surface area (Å²) < 4.78 is 9.97. The van der Waals surface area contributed by atoms with Crippen LogP contribution in [0.25, 0.3) is 0 Å². The van der Waals surface area contributed by atoms with E-state index in [-0.39, 0.29) is 12.0 Å². The third kappa shape index (κ3) is 5.68. The number of alkyl halides is 1. The van der Waals surface area contributed by atoms with Crippen molar-refractivity contribution in [1.82, 2.24) is 5.32 Å². The van der Waals surface area contributed by atoms with Gasteiger partial charge in [0.05, 0.1) is 0 Å². The Morgan fingerprint density at radius 1 is 1.32 bits per heavy atom. The smallest absolute Gasteiger partial charge is 0.408 e. The van der Waals surface area contributed by atoms with Crippen LogP contribution in [0.15, 0.2) is 0 Å². The molecule has 0 saturated heterocycles. The number of rotatable bonds is 4. The highest BCUT2D eigenvalue weighted by Crippen LogP contribution is 2.28. The van der Waals surface area contributed by atoms with Crippen LogP contribution in [0, 0.1) is 5.92 Å². The average molecular weight is 292 g/mol. The third-order valence-electron chi connectivity index (χ3n) is 2.99. The summed E-state index contributed by atoms with van der Waals surface area (Å²) in [5.41, 5.74) is -0.597. The van der Waals surface area contributed by atoms with Gasteiger partial charge in [0.15, 0.2) is 6.07 Å². The summed E-state index contributed by atoms with van der Waals surface area (Å²) in [5.74, 6) is -0.393. The molecule has 0 aromatic heterocycles. The number of hydrogen-bond acceptors (Lipinski definition) is 4. The lowest BCUT2D eigenvalue weighted by Gasteiger charge is -2.25. The van der Waals surface area contributed by atoms with Gasteiger partial charge in [-0.05, 0) is 39.5 Å². The van der Waals surface area contributed by atoms with Crippen LogP contribution in [0.4, 0.5) is 4.79 Å². The summed E-state index contributed by atoms with van der Waals surface area (Å²) in [7, 11) is 0. The van der Waals surface area contributed by atoms with E-state index >= 15 is 0 Å². The Bertz CT molecular complexity index is 321. The molecule has 1 saturated carbocycles. The summed E-state index contributed by atoms with van der Waals surface area (Å²) in [4.78, 5) is 23.6. The Morgan fingerprint density at radius 2 is 1.89 bits per heavy atom. The number of carbonyl (C=O) groups excluding carboxylic acids is 2. The van der Waals surface area contributed by atoms with Gasteiger partial charge < -0.3 is 14.8 Å². The van der Waals surface area contributed by atoms with Crippen LogP contribution in [0.1, 0.15) is 46.5 Å². The number of esters is 1.